The Bertz CT molecular complexity index is 933. The van der Waals surface area contributed by atoms with Crippen LogP contribution < -0.4 is 10.1 Å². The summed E-state index contributed by atoms with van der Waals surface area (Å²) >= 11 is 1.60. The van der Waals surface area contributed by atoms with Crippen molar-refractivity contribution in [1.29, 1.82) is 0 Å². The minimum atomic E-state index is -1.03. The van der Waals surface area contributed by atoms with E-state index in [1.807, 2.05) is 25.3 Å². The molecule has 34 heavy (non-hydrogen) atoms. The van der Waals surface area contributed by atoms with Gasteiger partial charge in [-0.2, -0.15) is 0 Å². The van der Waals surface area contributed by atoms with Gasteiger partial charge >= 0.3 is 12.1 Å². The van der Waals surface area contributed by atoms with Gasteiger partial charge in [0.25, 0.3) is 0 Å². The molecule has 0 unspecified atom stereocenters. The zero-order chi connectivity index (χ0) is 24.8. The van der Waals surface area contributed by atoms with Crippen LogP contribution in [0.2, 0.25) is 0 Å². The van der Waals surface area contributed by atoms with Crippen LogP contribution in [0.3, 0.4) is 0 Å². The molecule has 2 atom stereocenters. The molecule has 0 heterocycles. The smallest absolute Gasteiger partial charge is 0.412 e. The van der Waals surface area contributed by atoms with Gasteiger partial charge in [0.05, 0.1) is 12.7 Å². The number of aliphatic carboxylic acids is 1. The van der Waals surface area contributed by atoms with Crippen LogP contribution in [0.25, 0.3) is 0 Å². The molecule has 0 aliphatic rings. The van der Waals surface area contributed by atoms with Gasteiger partial charge in [-0.3, -0.25) is 5.32 Å². The van der Waals surface area contributed by atoms with Crippen LogP contribution >= 0.6 is 11.8 Å². The molecule has 9 heteroatoms. The highest BCUT2D eigenvalue weighted by Gasteiger charge is 2.28. The number of nitrogens with one attached hydrogen (secondary N) is 1. The number of amides is 1. The number of ether oxygens (including phenoxy) is 3. The fourth-order valence-electron chi connectivity index (χ4n) is 3.22. The molecule has 2 rings (SSSR count). The number of anilines is 1. The Morgan fingerprint density at radius 2 is 1.94 bits per heavy atom. The second-order valence-corrected chi connectivity index (χ2v) is 8.02. The quantitative estimate of drug-likeness (QED) is 0.254. The Morgan fingerprint density at radius 3 is 2.59 bits per heavy atom. The zero-order valence-corrected chi connectivity index (χ0v) is 20.1. The van der Waals surface area contributed by atoms with Gasteiger partial charge in [-0.15, -0.1) is 11.8 Å². The number of hydrogen-bond acceptors (Lipinski definition) is 7. The molecular weight excluding hydrogens is 458 g/mol. The molecule has 8 nitrogen and oxygen atoms in total. The normalized spacial score (nSPS) is 12.8. The number of carboxylic acids is 1. The van der Waals surface area contributed by atoms with E-state index in [9.17, 15) is 9.59 Å². The summed E-state index contributed by atoms with van der Waals surface area (Å²) in [5.41, 5.74) is 1.25. The number of benzene rings is 2. The van der Waals surface area contributed by atoms with Crippen molar-refractivity contribution >= 4 is 29.5 Å². The minimum Gasteiger partial charge on any atom is -0.491 e. The zero-order valence-electron chi connectivity index (χ0n) is 19.3. The van der Waals surface area contributed by atoms with Gasteiger partial charge in [0.15, 0.2) is 6.10 Å². The third-order valence-electron chi connectivity index (χ3n) is 4.71. The molecule has 0 aliphatic heterocycles. The van der Waals surface area contributed by atoms with Gasteiger partial charge in [-0.1, -0.05) is 18.2 Å². The van der Waals surface area contributed by atoms with Crippen LogP contribution in [0.1, 0.15) is 31.4 Å². The molecule has 0 aromatic heterocycles. The van der Waals surface area contributed by atoms with E-state index in [4.69, 9.17) is 24.4 Å². The van der Waals surface area contributed by atoms with E-state index >= 15 is 0 Å². The maximum Gasteiger partial charge on any atom is 0.412 e. The average molecular weight is 490 g/mol. The largest absolute Gasteiger partial charge is 0.491 e. The van der Waals surface area contributed by atoms with E-state index in [0.29, 0.717) is 36.4 Å². The predicted molar refractivity (Wildman–Crippen MR) is 132 cm³/mol. The molecule has 2 aromatic rings. The third-order valence-corrected chi connectivity index (χ3v) is 5.46. The summed E-state index contributed by atoms with van der Waals surface area (Å²) in [6, 6.07) is 14.4. The summed E-state index contributed by atoms with van der Waals surface area (Å²) in [6.07, 6.45) is 3.50. The number of allylic oxidation sites excluding steroid dienone is 1. The highest BCUT2D eigenvalue weighted by molar-refractivity contribution is 7.98. The van der Waals surface area contributed by atoms with Crippen LogP contribution in [0.5, 0.6) is 5.75 Å². The van der Waals surface area contributed by atoms with E-state index in [0.717, 1.165) is 11.0 Å². The molecule has 184 valence electrons. The molecule has 0 fully saturated rings. The SMILES string of the molecule is CCO[C@H](CC/C=C/C(=O)O)[C@H](OC(=O)Nc1ccc(SC)cc1)c1cccc(OCCO)c1. The summed E-state index contributed by atoms with van der Waals surface area (Å²) < 4.78 is 17.2. The number of aliphatic hydroxyl groups is 1. The minimum absolute atomic E-state index is 0.126. The van der Waals surface area contributed by atoms with Gasteiger partial charge in [0, 0.05) is 23.3 Å². The van der Waals surface area contributed by atoms with Crippen molar-refractivity contribution in [2.75, 3.05) is 31.4 Å². The lowest BCUT2D eigenvalue weighted by Crippen LogP contribution is -2.29. The molecule has 0 aliphatic carbocycles. The lowest BCUT2D eigenvalue weighted by molar-refractivity contribution is -0.131. The number of aliphatic hydroxyl groups excluding tert-OH is 1. The van der Waals surface area contributed by atoms with Crippen molar-refractivity contribution in [3.05, 3.63) is 66.2 Å². The lowest BCUT2D eigenvalue weighted by atomic mass is 10.00. The van der Waals surface area contributed by atoms with Crippen molar-refractivity contribution in [3.63, 3.8) is 0 Å². The van der Waals surface area contributed by atoms with Crippen molar-refractivity contribution < 1.29 is 34.0 Å². The number of rotatable bonds is 14. The van der Waals surface area contributed by atoms with Gasteiger partial charge in [0.1, 0.15) is 12.4 Å². The molecule has 3 N–H and O–H groups in total. The molecular formula is C25H31NO7S. The van der Waals surface area contributed by atoms with E-state index in [-0.39, 0.29) is 13.2 Å². The Kier molecular flexibility index (Phi) is 12.0. The van der Waals surface area contributed by atoms with Gasteiger partial charge in [0.2, 0.25) is 0 Å². The molecule has 0 radical (unpaired) electrons. The topological polar surface area (TPSA) is 114 Å². The predicted octanol–water partition coefficient (Wildman–Crippen LogP) is 4.90. The summed E-state index contributed by atoms with van der Waals surface area (Å²) in [5, 5.41) is 20.6. The van der Waals surface area contributed by atoms with Crippen LogP contribution in [0, 0.1) is 0 Å². The van der Waals surface area contributed by atoms with E-state index < -0.39 is 24.3 Å². The molecule has 0 saturated carbocycles. The fraction of sp³-hybridized carbons (Fsp3) is 0.360. The number of hydrogen-bond donors (Lipinski definition) is 3. The van der Waals surface area contributed by atoms with Crippen LogP contribution in [-0.4, -0.2) is 54.5 Å². The van der Waals surface area contributed by atoms with Crippen LogP contribution in [0.4, 0.5) is 10.5 Å². The fourth-order valence-corrected chi connectivity index (χ4v) is 3.63. The van der Waals surface area contributed by atoms with E-state index in [2.05, 4.69) is 5.32 Å². The van der Waals surface area contributed by atoms with Crippen molar-refractivity contribution in [2.24, 2.45) is 0 Å². The van der Waals surface area contributed by atoms with Crippen LogP contribution in [0.15, 0.2) is 65.6 Å². The van der Waals surface area contributed by atoms with Gasteiger partial charge < -0.3 is 24.4 Å². The summed E-state index contributed by atoms with van der Waals surface area (Å²) in [4.78, 5) is 24.6. The van der Waals surface area contributed by atoms with Crippen molar-refractivity contribution in [2.45, 2.75) is 36.9 Å². The Balaban J connectivity index is 2.24. The number of carboxylic acid groups (broad SMARTS) is 1. The first-order chi connectivity index (χ1) is 16.5. The molecule has 2 aromatic carbocycles. The maximum absolute atomic E-state index is 12.8. The monoisotopic (exact) mass is 489 g/mol. The Morgan fingerprint density at radius 1 is 1.18 bits per heavy atom. The highest BCUT2D eigenvalue weighted by atomic mass is 32.2. The Labute approximate surface area is 203 Å². The first kappa shape index (κ1) is 27.2. The van der Waals surface area contributed by atoms with Crippen molar-refractivity contribution in [1.82, 2.24) is 0 Å². The maximum atomic E-state index is 12.8. The number of carbonyl (C=O) groups excluding carboxylic acids is 1. The van der Waals surface area contributed by atoms with E-state index in [1.165, 1.54) is 0 Å². The Hall–Kier alpha value is -3.01. The summed E-state index contributed by atoms with van der Waals surface area (Å²) in [7, 11) is 0. The molecule has 0 saturated heterocycles. The third kappa shape index (κ3) is 9.46. The first-order valence-corrected chi connectivity index (χ1v) is 12.2. The first-order valence-electron chi connectivity index (χ1n) is 10.9. The average Bonchev–Trinajstić information content (AvgIpc) is 2.84. The highest BCUT2D eigenvalue weighted by Crippen LogP contribution is 2.30. The second kappa shape index (κ2) is 15.0. The molecule has 1 amide bonds. The van der Waals surface area contributed by atoms with Gasteiger partial charge in [-0.05, 0) is 68.0 Å². The number of carbonyl (C=O) groups is 2. The van der Waals surface area contributed by atoms with E-state index in [1.54, 1.807) is 54.2 Å². The van der Waals surface area contributed by atoms with Crippen LogP contribution in [-0.2, 0) is 14.3 Å². The molecule has 0 bridgehead atoms. The van der Waals surface area contributed by atoms with Gasteiger partial charge in [-0.25, -0.2) is 9.59 Å². The summed E-state index contributed by atoms with van der Waals surface area (Å²) in [5.74, 6) is -0.504. The summed E-state index contributed by atoms with van der Waals surface area (Å²) in [6.45, 7) is 2.23. The lowest BCUT2D eigenvalue weighted by Gasteiger charge is -2.27. The standard InChI is InChI=1S/C25H31NO7S/c1-3-31-22(9-4-5-10-23(28)29)24(18-7-6-8-20(17-18)32-16-15-27)33-25(30)26-19-11-13-21(34-2)14-12-19/h5-8,10-14,17,22,24,27H,3-4,9,15-16H2,1-2H3,(H,26,30)(H,28,29)/b10-5+/t22-,24-/m1/s1. The second-order valence-electron chi connectivity index (χ2n) is 7.14. The van der Waals surface area contributed by atoms with Crippen molar-refractivity contribution in [3.8, 4) is 5.75 Å². The number of thioether (sulfide) groups is 1. The molecule has 0 spiro atoms.